The van der Waals surface area contributed by atoms with E-state index in [1.165, 1.54) is 11.0 Å². The van der Waals surface area contributed by atoms with E-state index in [4.69, 9.17) is 26.8 Å². The molecule has 0 spiro atoms. The van der Waals surface area contributed by atoms with Gasteiger partial charge in [-0.2, -0.15) is 13.2 Å². The molecule has 2 aromatic rings. The van der Waals surface area contributed by atoms with Crippen molar-refractivity contribution >= 4 is 47.0 Å². The molecule has 3 saturated heterocycles. The van der Waals surface area contributed by atoms with Gasteiger partial charge in [-0.25, -0.2) is 9.59 Å². The van der Waals surface area contributed by atoms with E-state index in [9.17, 15) is 32.3 Å². The summed E-state index contributed by atoms with van der Waals surface area (Å²) < 4.78 is 52.9. The van der Waals surface area contributed by atoms with Crippen LogP contribution in [0.25, 0.3) is 0 Å². The van der Waals surface area contributed by atoms with Crippen LogP contribution >= 0.6 is 11.6 Å². The fourth-order valence-corrected chi connectivity index (χ4v) is 8.36. The number of hydrogen-bond acceptors (Lipinski definition) is 8. The van der Waals surface area contributed by atoms with E-state index in [0.717, 1.165) is 36.7 Å². The number of unbranched alkanes of at least 4 members (excludes halogenated alkanes) is 1. The van der Waals surface area contributed by atoms with E-state index >= 15 is 0 Å². The molecule has 4 amide bonds. The maximum absolute atomic E-state index is 14.1. The molecule has 16 heteroatoms. The molecule has 2 atom stereocenters. The monoisotopic (exact) mass is 790 g/mol. The van der Waals surface area contributed by atoms with Crippen molar-refractivity contribution in [3.63, 3.8) is 0 Å². The maximum Gasteiger partial charge on any atom is 0.418 e. The normalized spacial score (nSPS) is 20.8. The van der Waals surface area contributed by atoms with Crippen molar-refractivity contribution in [2.75, 3.05) is 63.5 Å². The number of hydrogen-bond donors (Lipinski definition) is 2. The highest BCUT2D eigenvalue weighted by Gasteiger charge is 2.39. The smallest absolute Gasteiger partial charge is 0.418 e. The number of urea groups is 1. The standard InChI is InChI=1S/C39H50ClF3N6O6/c1-2-3-20-54-36(51)27-8-14-48(24-27)28-10-15-46(16-11-28)35(50)33(23-25-21-30(39(41,42)43)34(44)31(40)22-25)55-38(53)47-17-12-29(13-18-47)49-19-9-26-6-4-5-7-32(26)45-37(49)52/h4-7,21-22,27-29,33H,2-3,8-20,23-24,44H2,1H3,(H,45,52)/t27-,33+/m0/s1. The van der Waals surface area contributed by atoms with Crippen molar-refractivity contribution in [1.82, 2.24) is 19.6 Å². The SMILES string of the molecule is CCCCOC(=O)[C@H]1CCN(C2CCN(C(=O)[C@@H](Cc3cc(Cl)c(N)c(C(F)(F)F)c3)OC(=O)N3CCC(N4CCc5ccccc5NC4=O)CC3)CC2)C1. The van der Waals surface area contributed by atoms with Gasteiger partial charge in [-0.15, -0.1) is 0 Å². The lowest BCUT2D eigenvalue weighted by Gasteiger charge is -2.39. The number of nitrogens with one attached hydrogen (secondary N) is 1. The molecular formula is C39H50ClF3N6O6. The predicted octanol–water partition coefficient (Wildman–Crippen LogP) is 6.20. The molecule has 55 heavy (non-hydrogen) atoms. The molecular weight excluding hydrogens is 741 g/mol. The molecule has 300 valence electrons. The van der Waals surface area contributed by atoms with Crippen LogP contribution in [0, 0.1) is 5.92 Å². The first kappa shape index (κ1) is 40.4. The molecule has 2 aromatic carbocycles. The Morgan fingerprint density at radius 2 is 1.65 bits per heavy atom. The molecule has 4 aliphatic heterocycles. The lowest BCUT2D eigenvalue weighted by molar-refractivity contribution is -0.148. The molecule has 0 aromatic heterocycles. The number of piperidine rings is 2. The molecule has 6 rings (SSSR count). The van der Waals surface area contributed by atoms with Crippen LogP contribution in [0.5, 0.6) is 0 Å². The summed E-state index contributed by atoms with van der Waals surface area (Å²) in [6.07, 6.45) is -1.92. The number of nitrogen functional groups attached to an aromatic ring is 1. The minimum absolute atomic E-state index is 0.0494. The zero-order valence-corrected chi connectivity index (χ0v) is 31.9. The van der Waals surface area contributed by atoms with E-state index in [2.05, 4.69) is 10.2 Å². The summed E-state index contributed by atoms with van der Waals surface area (Å²) in [5, 5.41) is 2.67. The van der Waals surface area contributed by atoms with Crippen LogP contribution in [-0.4, -0.2) is 114 Å². The third kappa shape index (κ3) is 9.77. The molecule has 0 radical (unpaired) electrons. The summed E-state index contributed by atoms with van der Waals surface area (Å²) in [6, 6.07) is 9.59. The van der Waals surface area contributed by atoms with Crippen molar-refractivity contribution in [3.8, 4) is 0 Å². The molecule has 4 aliphatic rings. The number of nitrogens with zero attached hydrogens (tertiary/aromatic N) is 4. The van der Waals surface area contributed by atoms with Gasteiger partial charge in [-0.1, -0.05) is 43.1 Å². The molecule has 0 aliphatic carbocycles. The average molecular weight is 791 g/mol. The fraction of sp³-hybridized carbons (Fsp3) is 0.590. The van der Waals surface area contributed by atoms with E-state index in [1.807, 2.05) is 31.2 Å². The molecule has 0 bridgehead atoms. The number of rotatable bonds is 10. The first-order chi connectivity index (χ1) is 26.3. The van der Waals surface area contributed by atoms with E-state index in [1.54, 1.807) is 9.80 Å². The summed E-state index contributed by atoms with van der Waals surface area (Å²) in [6.45, 7) is 5.56. The van der Waals surface area contributed by atoms with E-state index < -0.39 is 35.5 Å². The number of ether oxygens (including phenoxy) is 2. The van der Waals surface area contributed by atoms with Crippen LogP contribution in [-0.2, 0) is 38.1 Å². The van der Waals surface area contributed by atoms with Gasteiger partial charge in [0.2, 0.25) is 0 Å². The van der Waals surface area contributed by atoms with Crippen molar-refractivity contribution in [2.24, 2.45) is 5.92 Å². The van der Waals surface area contributed by atoms with E-state index in [-0.39, 0.29) is 60.1 Å². The zero-order chi connectivity index (χ0) is 39.3. The number of benzene rings is 2. The van der Waals surface area contributed by atoms with Gasteiger partial charge in [0.1, 0.15) is 0 Å². The Balaban J connectivity index is 1.09. The van der Waals surface area contributed by atoms with Crippen LogP contribution in [0.4, 0.5) is 34.1 Å². The third-order valence-electron chi connectivity index (χ3n) is 11.3. The van der Waals surface area contributed by atoms with Crippen LogP contribution < -0.4 is 11.1 Å². The number of carbonyl (C=O) groups excluding carboxylic acids is 4. The topological polar surface area (TPSA) is 138 Å². The molecule has 3 N–H and O–H groups in total. The number of carbonyl (C=O) groups is 4. The lowest BCUT2D eigenvalue weighted by Crippen LogP contribution is -2.52. The van der Waals surface area contributed by atoms with Crippen molar-refractivity contribution < 1.29 is 41.8 Å². The van der Waals surface area contributed by atoms with Gasteiger partial charge in [0.25, 0.3) is 5.91 Å². The second-order valence-corrected chi connectivity index (χ2v) is 15.3. The van der Waals surface area contributed by atoms with Crippen molar-refractivity contribution in [2.45, 2.75) is 89.1 Å². The number of amides is 4. The Morgan fingerprint density at radius 3 is 2.36 bits per heavy atom. The largest absolute Gasteiger partial charge is 0.465 e. The van der Waals surface area contributed by atoms with Gasteiger partial charge in [0, 0.05) is 63.5 Å². The van der Waals surface area contributed by atoms with Crippen LogP contribution in [0.15, 0.2) is 36.4 Å². The minimum Gasteiger partial charge on any atom is -0.465 e. The second kappa shape index (κ2) is 17.7. The number of alkyl halides is 3. The van der Waals surface area contributed by atoms with Gasteiger partial charge in [-0.05, 0) is 80.8 Å². The fourth-order valence-electron chi connectivity index (χ4n) is 8.12. The first-order valence-corrected chi connectivity index (χ1v) is 19.7. The third-order valence-corrected chi connectivity index (χ3v) is 11.6. The van der Waals surface area contributed by atoms with Gasteiger partial charge in [0.15, 0.2) is 6.10 Å². The Kier molecular flexibility index (Phi) is 13.0. The summed E-state index contributed by atoms with van der Waals surface area (Å²) >= 11 is 6.13. The number of anilines is 2. The molecule has 4 heterocycles. The summed E-state index contributed by atoms with van der Waals surface area (Å²) in [4.78, 5) is 60.5. The number of nitrogens with two attached hydrogens (primary N) is 1. The summed E-state index contributed by atoms with van der Waals surface area (Å²) in [7, 11) is 0. The Bertz CT molecular complexity index is 1720. The number of esters is 1. The summed E-state index contributed by atoms with van der Waals surface area (Å²) in [5.41, 5.74) is 5.80. The number of halogens is 4. The van der Waals surface area contributed by atoms with E-state index in [0.29, 0.717) is 71.3 Å². The van der Waals surface area contributed by atoms with Crippen molar-refractivity contribution in [1.29, 1.82) is 0 Å². The maximum atomic E-state index is 14.1. The highest BCUT2D eigenvalue weighted by atomic mass is 35.5. The predicted molar refractivity (Wildman–Crippen MR) is 200 cm³/mol. The molecule has 3 fully saturated rings. The Hall–Kier alpha value is -4.24. The first-order valence-electron chi connectivity index (χ1n) is 19.3. The van der Waals surface area contributed by atoms with Crippen LogP contribution in [0.1, 0.15) is 68.6 Å². The highest BCUT2D eigenvalue weighted by molar-refractivity contribution is 6.33. The molecule has 12 nitrogen and oxygen atoms in total. The second-order valence-electron chi connectivity index (χ2n) is 14.9. The number of para-hydroxylation sites is 1. The summed E-state index contributed by atoms with van der Waals surface area (Å²) in [5.74, 6) is -0.868. The lowest BCUT2D eigenvalue weighted by atomic mass is 10.00. The Labute approximate surface area is 324 Å². The minimum atomic E-state index is -4.79. The highest BCUT2D eigenvalue weighted by Crippen LogP contribution is 2.38. The van der Waals surface area contributed by atoms with Gasteiger partial charge in [0.05, 0.1) is 28.8 Å². The molecule has 0 saturated carbocycles. The average Bonchev–Trinajstić information content (AvgIpc) is 3.60. The van der Waals surface area contributed by atoms with Crippen molar-refractivity contribution in [3.05, 3.63) is 58.1 Å². The Morgan fingerprint density at radius 1 is 0.964 bits per heavy atom. The quantitative estimate of drug-likeness (QED) is 0.165. The molecule has 0 unspecified atom stereocenters. The van der Waals surface area contributed by atoms with Gasteiger partial charge < -0.3 is 35.2 Å². The van der Waals surface area contributed by atoms with Gasteiger partial charge in [-0.3, -0.25) is 14.5 Å². The van der Waals surface area contributed by atoms with Gasteiger partial charge >= 0.3 is 24.3 Å². The number of likely N-dealkylation sites (tertiary alicyclic amines) is 3. The van der Waals surface area contributed by atoms with Crippen LogP contribution in [0.3, 0.4) is 0 Å². The zero-order valence-electron chi connectivity index (χ0n) is 31.1. The number of fused-ring (bicyclic) bond motifs is 1. The van der Waals surface area contributed by atoms with Crippen LogP contribution in [0.2, 0.25) is 5.02 Å².